The summed E-state index contributed by atoms with van der Waals surface area (Å²) in [6.45, 7) is 6.54. The van der Waals surface area contributed by atoms with Gasteiger partial charge in [-0.2, -0.15) is 0 Å². The standard InChI is InChI=1S/C14H26N2O2/c1-2-8-16(13-6-3-7-15-10-13)14(17)12-5-4-9-18-11-12/h12-13,15H,2-11H2,1H3. The highest BCUT2D eigenvalue weighted by Gasteiger charge is 2.31. The maximum atomic E-state index is 12.6. The zero-order valence-electron chi connectivity index (χ0n) is 11.5. The molecule has 18 heavy (non-hydrogen) atoms. The van der Waals surface area contributed by atoms with Crippen LogP contribution in [-0.2, 0) is 9.53 Å². The normalized spacial score (nSPS) is 28.9. The third-order valence-electron chi connectivity index (χ3n) is 3.97. The molecule has 0 aromatic heterocycles. The van der Waals surface area contributed by atoms with E-state index in [9.17, 15) is 4.79 Å². The fraction of sp³-hybridized carbons (Fsp3) is 0.929. The van der Waals surface area contributed by atoms with E-state index < -0.39 is 0 Å². The Hall–Kier alpha value is -0.610. The Morgan fingerprint density at radius 1 is 1.39 bits per heavy atom. The number of hydrogen-bond acceptors (Lipinski definition) is 3. The topological polar surface area (TPSA) is 41.6 Å². The van der Waals surface area contributed by atoms with Crippen LogP contribution in [-0.4, -0.2) is 49.7 Å². The van der Waals surface area contributed by atoms with Crippen LogP contribution in [0.25, 0.3) is 0 Å². The quantitative estimate of drug-likeness (QED) is 0.824. The number of rotatable bonds is 4. The summed E-state index contributed by atoms with van der Waals surface area (Å²) >= 11 is 0. The number of piperidine rings is 1. The molecule has 104 valence electrons. The smallest absolute Gasteiger partial charge is 0.228 e. The number of nitrogens with one attached hydrogen (secondary N) is 1. The molecule has 1 amide bonds. The van der Waals surface area contributed by atoms with Crippen LogP contribution in [0.5, 0.6) is 0 Å². The van der Waals surface area contributed by atoms with Crippen molar-refractivity contribution in [2.75, 3.05) is 32.8 Å². The molecule has 2 unspecified atom stereocenters. The fourth-order valence-corrected chi connectivity index (χ4v) is 2.98. The van der Waals surface area contributed by atoms with Crippen LogP contribution >= 0.6 is 0 Å². The Labute approximate surface area is 110 Å². The monoisotopic (exact) mass is 254 g/mol. The molecular weight excluding hydrogens is 228 g/mol. The maximum Gasteiger partial charge on any atom is 0.228 e. The van der Waals surface area contributed by atoms with Gasteiger partial charge in [0.15, 0.2) is 0 Å². The number of hydrogen-bond donors (Lipinski definition) is 1. The van der Waals surface area contributed by atoms with E-state index in [1.165, 1.54) is 6.42 Å². The molecule has 4 heteroatoms. The zero-order chi connectivity index (χ0) is 12.8. The molecule has 0 bridgehead atoms. The molecule has 0 aliphatic carbocycles. The number of ether oxygens (including phenoxy) is 1. The maximum absolute atomic E-state index is 12.6. The summed E-state index contributed by atoms with van der Waals surface area (Å²) in [4.78, 5) is 14.7. The van der Waals surface area contributed by atoms with Crippen LogP contribution in [0.15, 0.2) is 0 Å². The highest BCUT2D eigenvalue weighted by Crippen LogP contribution is 2.20. The molecule has 0 spiro atoms. The van der Waals surface area contributed by atoms with E-state index in [0.29, 0.717) is 18.6 Å². The zero-order valence-corrected chi connectivity index (χ0v) is 11.5. The lowest BCUT2D eigenvalue weighted by Gasteiger charge is -2.37. The van der Waals surface area contributed by atoms with E-state index in [0.717, 1.165) is 51.9 Å². The summed E-state index contributed by atoms with van der Waals surface area (Å²) < 4.78 is 5.46. The fourth-order valence-electron chi connectivity index (χ4n) is 2.98. The third-order valence-corrected chi connectivity index (χ3v) is 3.97. The predicted octanol–water partition coefficient (Wildman–Crippen LogP) is 1.40. The van der Waals surface area contributed by atoms with Crippen molar-refractivity contribution in [3.05, 3.63) is 0 Å². The van der Waals surface area contributed by atoms with Gasteiger partial charge < -0.3 is 15.0 Å². The molecule has 2 atom stereocenters. The van der Waals surface area contributed by atoms with Crippen molar-refractivity contribution in [2.45, 2.75) is 45.1 Å². The average Bonchev–Trinajstić information content (AvgIpc) is 2.46. The molecule has 0 aromatic rings. The van der Waals surface area contributed by atoms with Crippen molar-refractivity contribution in [1.82, 2.24) is 10.2 Å². The van der Waals surface area contributed by atoms with Crippen molar-refractivity contribution in [3.63, 3.8) is 0 Å². The van der Waals surface area contributed by atoms with Crippen LogP contribution in [0.3, 0.4) is 0 Å². The van der Waals surface area contributed by atoms with Gasteiger partial charge in [0.05, 0.1) is 12.5 Å². The van der Waals surface area contributed by atoms with Crippen LogP contribution in [0.1, 0.15) is 39.0 Å². The Balaban J connectivity index is 1.96. The molecule has 2 saturated heterocycles. The molecule has 2 heterocycles. The Bertz CT molecular complexity index is 259. The van der Waals surface area contributed by atoms with Gasteiger partial charge in [0.25, 0.3) is 0 Å². The minimum atomic E-state index is 0.104. The van der Waals surface area contributed by atoms with Crippen LogP contribution < -0.4 is 5.32 Å². The first-order valence-electron chi connectivity index (χ1n) is 7.42. The first-order valence-corrected chi connectivity index (χ1v) is 7.42. The van der Waals surface area contributed by atoms with Crippen LogP contribution in [0, 0.1) is 5.92 Å². The summed E-state index contributed by atoms with van der Waals surface area (Å²) in [5.74, 6) is 0.428. The molecule has 2 aliphatic heterocycles. The van der Waals surface area contributed by atoms with E-state index >= 15 is 0 Å². The van der Waals surface area contributed by atoms with Gasteiger partial charge in [-0.1, -0.05) is 6.92 Å². The lowest BCUT2D eigenvalue weighted by Crippen LogP contribution is -2.51. The van der Waals surface area contributed by atoms with Gasteiger partial charge in [0.2, 0.25) is 5.91 Å². The molecule has 0 aromatic carbocycles. The van der Waals surface area contributed by atoms with E-state index in [1.54, 1.807) is 0 Å². The highest BCUT2D eigenvalue weighted by atomic mass is 16.5. The van der Waals surface area contributed by atoms with E-state index in [4.69, 9.17) is 4.74 Å². The van der Waals surface area contributed by atoms with Gasteiger partial charge in [0.1, 0.15) is 0 Å². The van der Waals surface area contributed by atoms with Crippen molar-refractivity contribution >= 4 is 5.91 Å². The minimum absolute atomic E-state index is 0.104. The van der Waals surface area contributed by atoms with Crippen LogP contribution in [0.4, 0.5) is 0 Å². The average molecular weight is 254 g/mol. The number of carbonyl (C=O) groups excluding carboxylic acids is 1. The van der Waals surface area contributed by atoms with Crippen molar-refractivity contribution in [3.8, 4) is 0 Å². The second-order valence-corrected chi connectivity index (χ2v) is 5.45. The summed E-state index contributed by atoms with van der Waals surface area (Å²) in [6.07, 6.45) is 5.39. The van der Waals surface area contributed by atoms with Gasteiger partial charge in [0, 0.05) is 25.7 Å². The summed E-state index contributed by atoms with van der Waals surface area (Å²) in [6, 6.07) is 0.396. The minimum Gasteiger partial charge on any atom is -0.381 e. The molecule has 2 rings (SSSR count). The third kappa shape index (κ3) is 3.45. The molecule has 0 radical (unpaired) electrons. The van der Waals surface area contributed by atoms with Gasteiger partial charge >= 0.3 is 0 Å². The number of amides is 1. The van der Waals surface area contributed by atoms with Crippen molar-refractivity contribution < 1.29 is 9.53 Å². The number of nitrogens with zero attached hydrogens (tertiary/aromatic N) is 1. The first kappa shape index (κ1) is 13.8. The summed E-state index contributed by atoms with van der Waals surface area (Å²) in [5.41, 5.74) is 0. The van der Waals surface area contributed by atoms with Gasteiger partial charge in [-0.05, 0) is 38.6 Å². The Kier molecular flexibility index (Phi) is 5.45. The van der Waals surface area contributed by atoms with Gasteiger partial charge in [-0.15, -0.1) is 0 Å². The largest absolute Gasteiger partial charge is 0.381 e. The van der Waals surface area contributed by atoms with Crippen molar-refractivity contribution in [1.29, 1.82) is 0 Å². The lowest BCUT2D eigenvalue weighted by atomic mass is 9.97. The van der Waals surface area contributed by atoms with E-state index in [2.05, 4.69) is 17.1 Å². The Morgan fingerprint density at radius 3 is 2.89 bits per heavy atom. The van der Waals surface area contributed by atoms with E-state index in [-0.39, 0.29) is 5.92 Å². The molecular formula is C14H26N2O2. The Morgan fingerprint density at radius 2 is 2.28 bits per heavy atom. The summed E-state index contributed by atoms with van der Waals surface area (Å²) in [5, 5.41) is 3.41. The van der Waals surface area contributed by atoms with Gasteiger partial charge in [-0.3, -0.25) is 4.79 Å². The van der Waals surface area contributed by atoms with Crippen LogP contribution in [0.2, 0.25) is 0 Å². The molecule has 2 aliphatic rings. The van der Waals surface area contributed by atoms with Crippen molar-refractivity contribution in [2.24, 2.45) is 5.92 Å². The molecule has 1 N–H and O–H groups in total. The molecule has 4 nitrogen and oxygen atoms in total. The second-order valence-electron chi connectivity index (χ2n) is 5.45. The predicted molar refractivity (Wildman–Crippen MR) is 71.4 cm³/mol. The first-order chi connectivity index (χ1) is 8.83. The number of carbonyl (C=O) groups is 1. The van der Waals surface area contributed by atoms with E-state index in [1.807, 2.05) is 0 Å². The highest BCUT2D eigenvalue weighted by molar-refractivity contribution is 5.79. The van der Waals surface area contributed by atoms with Gasteiger partial charge in [-0.25, -0.2) is 0 Å². The lowest BCUT2D eigenvalue weighted by molar-refractivity contribution is -0.142. The molecule has 2 fully saturated rings. The summed E-state index contributed by atoms with van der Waals surface area (Å²) in [7, 11) is 0. The SMILES string of the molecule is CCCN(C(=O)C1CCCOC1)C1CCCNC1. The molecule has 0 saturated carbocycles. The second kappa shape index (κ2) is 7.10.